The van der Waals surface area contributed by atoms with E-state index in [-0.39, 0.29) is 24.0 Å². The standard InChI is InChI=1S/C28H30ClNO7/c1-5-35-22-14-17(7-9-21(22)34-4)25-24(27(32)28(33)30(25)11-6-12-36-16(2)3)26(31)23-15-18-13-19(29)8-10-20(18)37-23/h7-10,13-16,25,32H,5-6,11-12H2,1-4H3. The van der Waals surface area contributed by atoms with Gasteiger partial charge in [0.05, 0.1) is 31.4 Å². The first kappa shape index (κ1) is 26.6. The molecule has 8 nitrogen and oxygen atoms in total. The molecule has 2 heterocycles. The number of rotatable bonds is 11. The van der Waals surface area contributed by atoms with Crippen molar-refractivity contribution >= 4 is 34.3 Å². The highest BCUT2D eigenvalue weighted by Gasteiger charge is 2.44. The Labute approximate surface area is 220 Å². The minimum absolute atomic E-state index is 0.000140. The van der Waals surface area contributed by atoms with Gasteiger partial charge in [-0.3, -0.25) is 9.59 Å². The third kappa shape index (κ3) is 5.45. The van der Waals surface area contributed by atoms with E-state index in [2.05, 4.69) is 0 Å². The molecule has 1 aliphatic heterocycles. The normalized spacial score (nSPS) is 15.8. The molecule has 0 fully saturated rings. The first-order valence-corrected chi connectivity index (χ1v) is 12.5. The summed E-state index contributed by atoms with van der Waals surface area (Å²) >= 11 is 6.08. The summed E-state index contributed by atoms with van der Waals surface area (Å²) in [4.78, 5) is 28.4. The van der Waals surface area contributed by atoms with Gasteiger partial charge in [0, 0.05) is 23.6 Å². The lowest BCUT2D eigenvalue weighted by Crippen LogP contribution is -2.32. The summed E-state index contributed by atoms with van der Waals surface area (Å²) in [6.45, 7) is 6.80. The van der Waals surface area contributed by atoms with Crippen LogP contribution in [0, 0.1) is 0 Å². The number of halogens is 1. The molecule has 1 unspecified atom stereocenters. The fraction of sp³-hybridized carbons (Fsp3) is 0.357. The third-order valence-electron chi connectivity index (χ3n) is 6.05. The maximum absolute atomic E-state index is 13.7. The predicted octanol–water partition coefficient (Wildman–Crippen LogP) is 5.89. The highest BCUT2D eigenvalue weighted by Crippen LogP contribution is 2.42. The number of carbonyl (C=O) groups excluding carboxylic acids is 2. The molecule has 9 heteroatoms. The molecule has 0 radical (unpaired) electrons. The smallest absolute Gasteiger partial charge is 0.290 e. The molecule has 2 aromatic carbocycles. The van der Waals surface area contributed by atoms with Gasteiger partial charge in [0.25, 0.3) is 5.91 Å². The van der Waals surface area contributed by atoms with Crippen molar-refractivity contribution in [3.8, 4) is 11.5 Å². The van der Waals surface area contributed by atoms with Crippen molar-refractivity contribution in [3.05, 3.63) is 70.1 Å². The summed E-state index contributed by atoms with van der Waals surface area (Å²) < 4.78 is 22.5. The molecule has 1 atom stereocenters. The van der Waals surface area contributed by atoms with E-state index in [0.717, 1.165) is 0 Å². The van der Waals surface area contributed by atoms with E-state index in [4.69, 9.17) is 30.2 Å². The highest BCUT2D eigenvalue weighted by molar-refractivity contribution is 6.31. The van der Waals surface area contributed by atoms with Crippen LogP contribution < -0.4 is 9.47 Å². The Morgan fingerprint density at radius 2 is 1.95 bits per heavy atom. The maximum atomic E-state index is 13.7. The number of ether oxygens (including phenoxy) is 3. The van der Waals surface area contributed by atoms with Crippen molar-refractivity contribution < 1.29 is 33.3 Å². The average Bonchev–Trinajstić information content (AvgIpc) is 3.40. The van der Waals surface area contributed by atoms with Crippen LogP contribution in [0.5, 0.6) is 11.5 Å². The van der Waals surface area contributed by atoms with Gasteiger partial charge in [-0.25, -0.2) is 0 Å². The number of hydrogen-bond donors (Lipinski definition) is 1. The van der Waals surface area contributed by atoms with Crippen molar-refractivity contribution in [3.63, 3.8) is 0 Å². The molecule has 196 valence electrons. The fourth-order valence-corrected chi connectivity index (χ4v) is 4.59. The minimum Gasteiger partial charge on any atom is -0.503 e. The van der Waals surface area contributed by atoms with Gasteiger partial charge < -0.3 is 28.6 Å². The van der Waals surface area contributed by atoms with E-state index in [0.29, 0.717) is 52.7 Å². The molecule has 0 aliphatic carbocycles. The fourth-order valence-electron chi connectivity index (χ4n) is 4.41. The van der Waals surface area contributed by atoms with Gasteiger partial charge in [-0.2, -0.15) is 0 Å². The van der Waals surface area contributed by atoms with Gasteiger partial charge in [-0.1, -0.05) is 17.7 Å². The Balaban J connectivity index is 1.76. The van der Waals surface area contributed by atoms with Crippen LogP contribution in [0.2, 0.25) is 5.02 Å². The van der Waals surface area contributed by atoms with Crippen LogP contribution in [-0.4, -0.2) is 54.7 Å². The number of aliphatic hydroxyl groups excluding tert-OH is 1. The molecule has 1 N–H and O–H groups in total. The molecule has 1 aliphatic rings. The summed E-state index contributed by atoms with van der Waals surface area (Å²) in [6, 6.07) is 10.9. The monoisotopic (exact) mass is 527 g/mol. The average molecular weight is 528 g/mol. The van der Waals surface area contributed by atoms with Crippen LogP contribution in [0.15, 0.2) is 58.2 Å². The number of carbonyl (C=O) groups is 2. The number of methoxy groups -OCH3 is 1. The van der Waals surface area contributed by atoms with E-state index >= 15 is 0 Å². The second kappa shape index (κ2) is 11.3. The zero-order chi connectivity index (χ0) is 26.7. The number of nitrogens with zero attached hydrogens (tertiary/aromatic N) is 1. The van der Waals surface area contributed by atoms with Crippen molar-refractivity contribution in [1.82, 2.24) is 4.90 Å². The number of Topliss-reactive ketones (excluding diaryl/α,β-unsaturated/α-hetero) is 1. The minimum atomic E-state index is -0.860. The largest absolute Gasteiger partial charge is 0.503 e. The number of furan rings is 1. The predicted molar refractivity (Wildman–Crippen MR) is 140 cm³/mol. The Bertz CT molecular complexity index is 1340. The van der Waals surface area contributed by atoms with Crippen molar-refractivity contribution in [2.75, 3.05) is 26.9 Å². The van der Waals surface area contributed by atoms with E-state index in [1.807, 2.05) is 20.8 Å². The number of ketones is 1. The van der Waals surface area contributed by atoms with Gasteiger partial charge in [0.15, 0.2) is 23.0 Å². The topological polar surface area (TPSA) is 98.4 Å². The van der Waals surface area contributed by atoms with E-state index in [9.17, 15) is 14.7 Å². The van der Waals surface area contributed by atoms with Gasteiger partial charge in [0.1, 0.15) is 5.58 Å². The maximum Gasteiger partial charge on any atom is 0.290 e. The summed E-state index contributed by atoms with van der Waals surface area (Å²) in [5, 5.41) is 12.1. The Kier molecular flexibility index (Phi) is 8.10. The molecule has 1 amide bonds. The Morgan fingerprint density at radius 1 is 1.16 bits per heavy atom. The number of hydrogen-bond acceptors (Lipinski definition) is 7. The van der Waals surface area contributed by atoms with Gasteiger partial charge in [-0.15, -0.1) is 0 Å². The number of fused-ring (bicyclic) bond motifs is 1. The first-order valence-electron chi connectivity index (χ1n) is 12.1. The number of amides is 1. The molecule has 0 bridgehead atoms. The van der Waals surface area contributed by atoms with Crippen molar-refractivity contribution in [2.45, 2.75) is 39.3 Å². The molecule has 4 rings (SSSR count). The van der Waals surface area contributed by atoms with Gasteiger partial charge >= 0.3 is 0 Å². The van der Waals surface area contributed by atoms with Gasteiger partial charge in [-0.05, 0) is 69.2 Å². The number of aliphatic hydroxyl groups is 1. The van der Waals surface area contributed by atoms with Crippen LogP contribution >= 0.6 is 11.6 Å². The Morgan fingerprint density at radius 3 is 2.65 bits per heavy atom. The highest BCUT2D eigenvalue weighted by atomic mass is 35.5. The quantitative estimate of drug-likeness (QED) is 0.245. The van der Waals surface area contributed by atoms with Crippen molar-refractivity contribution in [2.24, 2.45) is 0 Å². The van der Waals surface area contributed by atoms with Crippen LogP contribution in [0.4, 0.5) is 0 Å². The zero-order valence-corrected chi connectivity index (χ0v) is 22.0. The van der Waals surface area contributed by atoms with Crippen LogP contribution in [0.1, 0.15) is 49.4 Å². The van der Waals surface area contributed by atoms with Gasteiger partial charge in [0.2, 0.25) is 5.78 Å². The second-order valence-electron chi connectivity index (χ2n) is 8.90. The summed E-state index contributed by atoms with van der Waals surface area (Å²) in [7, 11) is 1.53. The van der Waals surface area contributed by atoms with Crippen LogP contribution in [0.3, 0.4) is 0 Å². The molecule has 0 spiro atoms. The molecule has 0 saturated heterocycles. The van der Waals surface area contributed by atoms with Crippen LogP contribution in [-0.2, 0) is 9.53 Å². The van der Waals surface area contributed by atoms with E-state index < -0.39 is 23.5 Å². The lowest BCUT2D eigenvalue weighted by molar-refractivity contribution is -0.129. The molecule has 3 aromatic rings. The lowest BCUT2D eigenvalue weighted by Gasteiger charge is -2.27. The van der Waals surface area contributed by atoms with E-state index in [1.165, 1.54) is 12.0 Å². The summed E-state index contributed by atoms with van der Waals surface area (Å²) in [5.41, 5.74) is 1.00. The SMILES string of the molecule is CCOc1cc(C2C(C(=O)c3cc4cc(Cl)ccc4o3)=C(O)C(=O)N2CCCOC(C)C)ccc1OC. The Hall–Kier alpha value is -3.49. The number of benzene rings is 2. The molecular formula is C28H30ClNO7. The third-order valence-corrected chi connectivity index (χ3v) is 6.28. The summed E-state index contributed by atoms with van der Waals surface area (Å²) in [6.07, 6.45) is 0.568. The van der Waals surface area contributed by atoms with Crippen LogP contribution in [0.25, 0.3) is 11.0 Å². The lowest BCUT2D eigenvalue weighted by atomic mass is 9.94. The summed E-state index contributed by atoms with van der Waals surface area (Å²) in [5.74, 6) is -0.840. The van der Waals surface area contributed by atoms with Crippen molar-refractivity contribution in [1.29, 1.82) is 0 Å². The molecule has 0 saturated carbocycles. The first-order chi connectivity index (χ1) is 17.7. The molecule has 1 aromatic heterocycles. The molecular weight excluding hydrogens is 498 g/mol. The van der Waals surface area contributed by atoms with E-state index in [1.54, 1.807) is 42.5 Å². The second-order valence-corrected chi connectivity index (χ2v) is 9.34. The molecule has 37 heavy (non-hydrogen) atoms. The zero-order valence-electron chi connectivity index (χ0n) is 21.2.